The van der Waals surface area contributed by atoms with Crippen molar-refractivity contribution in [3.63, 3.8) is 0 Å². The highest BCUT2D eigenvalue weighted by Crippen LogP contribution is 2.34. The molecule has 0 fully saturated rings. The Morgan fingerprint density at radius 2 is 1.97 bits per heavy atom. The van der Waals surface area contributed by atoms with Gasteiger partial charge in [-0.1, -0.05) is 0 Å². The fraction of sp³-hybridized carbons (Fsp3) is 0.471. The van der Waals surface area contributed by atoms with Gasteiger partial charge in [0.1, 0.15) is 18.1 Å². The molecule has 8 nitrogen and oxygen atoms in total. The fourth-order valence-electron chi connectivity index (χ4n) is 2.70. The van der Waals surface area contributed by atoms with E-state index in [1.165, 1.54) is 12.3 Å². The molecule has 0 atom stereocenters. The molecule has 1 aliphatic carbocycles. The molecule has 2 aromatic rings. The zero-order valence-electron chi connectivity index (χ0n) is 15.7. The summed E-state index contributed by atoms with van der Waals surface area (Å²) in [6.07, 6.45) is 2.87. The maximum Gasteiger partial charge on any atom is 0.534 e. The number of ether oxygens (including phenoxy) is 1. The first-order valence-corrected chi connectivity index (χ1v) is 10.1. The number of likely N-dealkylation sites (N-methyl/N-ethyl adjacent to an activating group) is 1. The third-order valence-electron chi connectivity index (χ3n) is 4.14. The molecule has 2 heterocycles. The molecular weight excluding hydrogens is 413 g/mol. The minimum atomic E-state index is -5.84. The van der Waals surface area contributed by atoms with Crippen molar-refractivity contribution in [3.05, 3.63) is 29.6 Å². The molecule has 0 aliphatic heterocycles. The van der Waals surface area contributed by atoms with Crippen LogP contribution in [0, 0.1) is 0 Å². The molecule has 0 unspecified atom stereocenters. The van der Waals surface area contributed by atoms with Crippen molar-refractivity contribution < 1.29 is 30.5 Å². The van der Waals surface area contributed by atoms with E-state index in [0.29, 0.717) is 43.9 Å². The SMILES string of the molecule is CN(C)CCOc1ccnc(-c2nc3c(c(OS(=O)(=O)C(F)(F)F)n2)CCC3)c1. The third kappa shape index (κ3) is 4.93. The third-order valence-corrected chi connectivity index (χ3v) is 5.08. The lowest BCUT2D eigenvalue weighted by Crippen LogP contribution is -2.29. The van der Waals surface area contributed by atoms with Gasteiger partial charge in [-0.2, -0.15) is 26.6 Å². The van der Waals surface area contributed by atoms with Crippen LogP contribution in [0.1, 0.15) is 17.7 Å². The molecule has 0 bridgehead atoms. The van der Waals surface area contributed by atoms with Crippen LogP contribution in [0.4, 0.5) is 13.2 Å². The molecule has 1 aliphatic rings. The molecule has 0 saturated heterocycles. The number of hydrogen-bond acceptors (Lipinski definition) is 8. The highest BCUT2D eigenvalue weighted by molar-refractivity contribution is 7.87. The molecule has 3 rings (SSSR count). The Hall–Kier alpha value is -2.47. The van der Waals surface area contributed by atoms with Crippen molar-refractivity contribution in [2.45, 2.75) is 24.8 Å². The Bertz CT molecular complexity index is 997. The van der Waals surface area contributed by atoms with Crippen LogP contribution in [0.25, 0.3) is 11.5 Å². The average molecular weight is 432 g/mol. The van der Waals surface area contributed by atoms with Gasteiger partial charge in [0.05, 0.1) is 5.69 Å². The Labute approximate surface area is 165 Å². The lowest BCUT2D eigenvalue weighted by Gasteiger charge is -2.13. The first kappa shape index (κ1) is 21.2. The van der Waals surface area contributed by atoms with Crippen LogP contribution in [0.5, 0.6) is 11.6 Å². The summed E-state index contributed by atoms with van der Waals surface area (Å²) in [6.45, 7) is 1.10. The van der Waals surface area contributed by atoms with Crippen molar-refractivity contribution >= 4 is 10.1 Å². The van der Waals surface area contributed by atoms with Gasteiger partial charge in [0, 0.05) is 24.4 Å². The highest BCUT2D eigenvalue weighted by Gasteiger charge is 2.49. The number of aryl methyl sites for hydroxylation is 1. The van der Waals surface area contributed by atoms with Crippen molar-refractivity contribution in [3.8, 4) is 23.1 Å². The predicted molar refractivity (Wildman–Crippen MR) is 96.9 cm³/mol. The van der Waals surface area contributed by atoms with Crippen LogP contribution >= 0.6 is 0 Å². The summed E-state index contributed by atoms with van der Waals surface area (Å²) in [5, 5.41) is 0. The summed E-state index contributed by atoms with van der Waals surface area (Å²) >= 11 is 0. The lowest BCUT2D eigenvalue weighted by molar-refractivity contribution is -0.0501. The summed E-state index contributed by atoms with van der Waals surface area (Å²) in [5.74, 6) is -0.164. The highest BCUT2D eigenvalue weighted by atomic mass is 32.2. The number of nitrogens with zero attached hydrogens (tertiary/aromatic N) is 4. The smallest absolute Gasteiger partial charge is 0.492 e. The van der Waals surface area contributed by atoms with Gasteiger partial charge in [-0.05, 0) is 39.4 Å². The molecule has 12 heteroatoms. The van der Waals surface area contributed by atoms with Gasteiger partial charge in [0.15, 0.2) is 5.82 Å². The van der Waals surface area contributed by atoms with E-state index in [0.717, 1.165) is 0 Å². The topological polar surface area (TPSA) is 94.5 Å². The van der Waals surface area contributed by atoms with Gasteiger partial charge in [-0.3, -0.25) is 4.98 Å². The lowest BCUT2D eigenvalue weighted by atomic mass is 10.2. The molecule has 0 N–H and O–H groups in total. The van der Waals surface area contributed by atoms with Gasteiger partial charge in [0.25, 0.3) is 0 Å². The number of rotatable bonds is 7. The maximum atomic E-state index is 12.7. The van der Waals surface area contributed by atoms with Gasteiger partial charge < -0.3 is 13.8 Å². The van der Waals surface area contributed by atoms with E-state index < -0.39 is 21.5 Å². The van der Waals surface area contributed by atoms with E-state index in [1.54, 1.807) is 6.07 Å². The van der Waals surface area contributed by atoms with E-state index >= 15 is 0 Å². The molecule has 0 saturated carbocycles. The van der Waals surface area contributed by atoms with Crippen LogP contribution in [0.15, 0.2) is 18.3 Å². The minimum Gasteiger partial charge on any atom is -0.492 e. The molecule has 0 radical (unpaired) electrons. The number of pyridine rings is 1. The minimum absolute atomic E-state index is 0.0314. The average Bonchev–Trinajstić information content (AvgIpc) is 3.09. The Kier molecular flexibility index (Phi) is 5.94. The molecule has 29 heavy (non-hydrogen) atoms. The van der Waals surface area contributed by atoms with Crippen LogP contribution in [-0.4, -0.2) is 61.0 Å². The summed E-state index contributed by atoms with van der Waals surface area (Å²) in [7, 11) is -2.04. The second-order valence-corrected chi connectivity index (χ2v) is 8.18. The monoisotopic (exact) mass is 432 g/mol. The Morgan fingerprint density at radius 3 is 2.66 bits per heavy atom. The van der Waals surface area contributed by atoms with Crippen LogP contribution in [-0.2, 0) is 23.0 Å². The molecule has 0 aromatic carbocycles. The largest absolute Gasteiger partial charge is 0.534 e. The van der Waals surface area contributed by atoms with E-state index in [4.69, 9.17) is 4.74 Å². The summed E-state index contributed by atoms with van der Waals surface area (Å²) in [4.78, 5) is 14.3. The fourth-order valence-corrected chi connectivity index (χ4v) is 3.14. The molecule has 0 amide bonds. The van der Waals surface area contributed by atoms with Gasteiger partial charge in [-0.25, -0.2) is 4.98 Å². The van der Waals surface area contributed by atoms with Gasteiger partial charge in [0.2, 0.25) is 5.88 Å². The van der Waals surface area contributed by atoms with Crippen molar-refractivity contribution in [1.29, 1.82) is 0 Å². The van der Waals surface area contributed by atoms with Crippen molar-refractivity contribution in [1.82, 2.24) is 19.9 Å². The first-order chi connectivity index (χ1) is 13.6. The molecule has 0 spiro atoms. The Morgan fingerprint density at radius 1 is 1.21 bits per heavy atom. The number of fused-ring (bicyclic) bond motifs is 1. The Balaban J connectivity index is 1.93. The standard InChI is InChI=1S/C17H19F3N4O4S/c1-24(2)8-9-27-11-6-7-21-14(10-11)15-22-13-5-3-4-12(13)16(23-15)28-29(25,26)17(18,19)20/h6-7,10H,3-5,8-9H2,1-2H3. The second kappa shape index (κ2) is 8.11. The maximum absolute atomic E-state index is 12.7. The number of halogens is 3. The number of aromatic nitrogens is 3. The second-order valence-electron chi connectivity index (χ2n) is 6.64. The summed E-state index contributed by atoms with van der Waals surface area (Å²) in [6, 6.07) is 3.16. The van der Waals surface area contributed by atoms with Crippen LogP contribution in [0.2, 0.25) is 0 Å². The summed E-state index contributed by atoms with van der Waals surface area (Å²) in [5.41, 5.74) is -4.61. The molecular formula is C17H19F3N4O4S. The zero-order valence-corrected chi connectivity index (χ0v) is 16.5. The van der Waals surface area contributed by atoms with Crippen LogP contribution in [0.3, 0.4) is 0 Å². The molecule has 158 valence electrons. The van der Waals surface area contributed by atoms with E-state index in [2.05, 4.69) is 19.1 Å². The van der Waals surface area contributed by atoms with Crippen molar-refractivity contribution in [2.24, 2.45) is 0 Å². The first-order valence-electron chi connectivity index (χ1n) is 8.71. The van der Waals surface area contributed by atoms with Crippen molar-refractivity contribution in [2.75, 3.05) is 27.2 Å². The normalized spacial score (nSPS) is 14.1. The van der Waals surface area contributed by atoms with Gasteiger partial charge >= 0.3 is 15.6 Å². The molecule has 2 aromatic heterocycles. The quantitative estimate of drug-likeness (QED) is 0.486. The summed E-state index contributed by atoms with van der Waals surface area (Å²) < 4.78 is 71.0. The number of alkyl halides is 3. The van der Waals surface area contributed by atoms with Crippen LogP contribution < -0.4 is 8.92 Å². The predicted octanol–water partition coefficient (Wildman–Crippen LogP) is 2.20. The number of hydrogen-bond donors (Lipinski definition) is 0. The van der Waals surface area contributed by atoms with E-state index in [1.807, 2.05) is 19.0 Å². The van der Waals surface area contributed by atoms with E-state index in [-0.39, 0.29) is 17.1 Å². The van der Waals surface area contributed by atoms with Gasteiger partial charge in [-0.15, -0.1) is 0 Å². The van der Waals surface area contributed by atoms with E-state index in [9.17, 15) is 21.6 Å². The zero-order chi connectivity index (χ0) is 21.2.